The first-order valence-electron chi connectivity index (χ1n) is 13.7. The number of halogens is 1. The predicted octanol–water partition coefficient (Wildman–Crippen LogP) is 4.76. The van der Waals surface area contributed by atoms with Gasteiger partial charge in [0.05, 0.1) is 43.3 Å². The summed E-state index contributed by atoms with van der Waals surface area (Å²) in [6, 6.07) is 8.99. The van der Waals surface area contributed by atoms with Crippen molar-refractivity contribution in [3.05, 3.63) is 58.7 Å². The molecule has 0 spiro atoms. The smallest absolute Gasteiger partial charge is 0.319 e. The van der Waals surface area contributed by atoms with Gasteiger partial charge >= 0.3 is 5.97 Å². The van der Waals surface area contributed by atoms with Gasteiger partial charge in [0, 0.05) is 32.0 Å². The van der Waals surface area contributed by atoms with Crippen molar-refractivity contribution in [3.8, 4) is 0 Å². The maximum Gasteiger partial charge on any atom is 0.319 e. The van der Waals surface area contributed by atoms with Gasteiger partial charge in [-0.15, -0.1) is 0 Å². The van der Waals surface area contributed by atoms with E-state index in [0.717, 1.165) is 74.7 Å². The van der Waals surface area contributed by atoms with Crippen molar-refractivity contribution in [2.45, 2.75) is 69.6 Å². The predicted molar refractivity (Wildman–Crippen MR) is 139 cm³/mol. The number of unbranched alkanes of at least 4 members (excludes halogenated alkanes) is 1. The van der Waals surface area contributed by atoms with Gasteiger partial charge in [0.15, 0.2) is 0 Å². The quantitative estimate of drug-likeness (QED) is 0.364. The largest absolute Gasteiger partial charge is 0.468 e. The van der Waals surface area contributed by atoms with Crippen LogP contribution in [-0.4, -0.2) is 61.9 Å². The van der Waals surface area contributed by atoms with Crippen molar-refractivity contribution in [1.29, 1.82) is 0 Å². The first-order valence-corrected chi connectivity index (χ1v) is 13.7. The minimum absolute atomic E-state index is 0.0452. The number of carbonyl (C=O) groups excluding carboxylic acids is 1. The molecule has 5 rings (SSSR count). The van der Waals surface area contributed by atoms with Crippen LogP contribution < -0.4 is 5.32 Å². The van der Waals surface area contributed by atoms with Crippen molar-refractivity contribution < 1.29 is 23.4 Å². The standard InChI is InChI=1S/C29H38FN3O4/c1-35-28(34)19-33-15-13-27(29(33)23-18-20(30)9-11-22(23)26-8-5-17-36-26)37-16-3-2-6-21-10-12-24-25(32-21)7-4-14-31-24/h9-12,18,26-27,29,31H,2-8,13-17,19H2,1H3. The maximum atomic E-state index is 14.5. The van der Waals surface area contributed by atoms with Crippen LogP contribution in [0, 0.1) is 5.82 Å². The molecule has 2 aromatic rings. The molecule has 7 nitrogen and oxygen atoms in total. The zero-order chi connectivity index (χ0) is 25.6. The highest BCUT2D eigenvalue weighted by Crippen LogP contribution is 2.41. The van der Waals surface area contributed by atoms with E-state index >= 15 is 0 Å². The topological polar surface area (TPSA) is 72.9 Å². The molecule has 4 heterocycles. The van der Waals surface area contributed by atoms with Gasteiger partial charge in [0.1, 0.15) is 5.82 Å². The average molecular weight is 512 g/mol. The Morgan fingerprint density at radius 2 is 2.11 bits per heavy atom. The first kappa shape index (κ1) is 26.1. The zero-order valence-corrected chi connectivity index (χ0v) is 21.7. The Hall–Kier alpha value is -2.55. The molecular formula is C29H38FN3O4. The van der Waals surface area contributed by atoms with Crippen LogP contribution in [0.2, 0.25) is 0 Å². The molecule has 3 unspecified atom stereocenters. The van der Waals surface area contributed by atoms with E-state index in [2.05, 4.69) is 22.3 Å². The maximum absolute atomic E-state index is 14.5. The fourth-order valence-corrected chi connectivity index (χ4v) is 5.88. The lowest BCUT2D eigenvalue weighted by atomic mass is 9.92. The van der Waals surface area contributed by atoms with Crippen molar-refractivity contribution in [2.75, 3.05) is 45.3 Å². The molecule has 37 heavy (non-hydrogen) atoms. The van der Waals surface area contributed by atoms with Gasteiger partial charge in [-0.1, -0.05) is 6.07 Å². The van der Waals surface area contributed by atoms with E-state index < -0.39 is 0 Å². The number of fused-ring (bicyclic) bond motifs is 1. The molecule has 200 valence electrons. The van der Waals surface area contributed by atoms with Crippen LogP contribution in [0.15, 0.2) is 30.3 Å². The highest BCUT2D eigenvalue weighted by atomic mass is 19.1. The van der Waals surface area contributed by atoms with Crippen LogP contribution in [0.25, 0.3) is 0 Å². The molecule has 2 fully saturated rings. The number of anilines is 1. The fourth-order valence-electron chi connectivity index (χ4n) is 5.88. The Kier molecular flexibility index (Phi) is 8.69. The van der Waals surface area contributed by atoms with Gasteiger partial charge in [0.2, 0.25) is 0 Å². The monoisotopic (exact) mass is 511 g/mol. The number of nitrogens with zero attached hydrogens (tertiary/aromatic N) is 2. The molecule has 1 aromatic heterocycles. The number of pyridine rings is 1. The number of carbonyl (C=O) groups is 1. The number of hydrogen-bond donors (Lipinski definition) is 1. The second-order valence-corrected chi connectivity index (χ2v) is 10.2. The number of esters is 1. The van der Waals surface area contributed by atoms with Gasteiger partial charge in [0.25, 0.3) is 0 Å². The van der Waals surface area contributed by atoms with E-state index in [9.17, 15) is 9.18 Å². The Labute approximate surface area is 218 Å². The molecule has 3 aliphatic heterocycles. The second kappa shape index (κ2) is 12.3. The van der Waals surface area contributed by atoms with E-state index in [-0.39, 0.29) is 36.6 Å². The summed E-state index contributed by atoms with van der Waals surface area (Å²) in [6.07, 6.45) is 7.52. The zero-order valence-electron chi connectivity index (χ0n) is 21.7. The molecule has 0 aliphatic carbocycles. The van der Waals surface area contributed by atoms with Crippen molar-refractivity contribution in [2.24, 2.45) is 0 Å². The molecule has 1 N–H and O–H groups in total. The minimum Gasteiger partial charge on any atom is -0.468 e. The number of ether oxygens (including phenoxy) is 3. The Morgan fingerprint density at radius 3 is 2.95 bits per heavy atom. The third-order valence-electron chi connectivity index (χ3n) is 7.75. The molecule has 8 heteroatoms. The van der Waals surface area contributed by atoms with Crippen LogP contribution in [0.3, 0.4) is 0 Å². The Balaban J connectivity index is 1.23. The second-order valence-electron chi connectivity index (χ2n) is 10.2. The molecule has 0 radical (unpaired) electrons. The Bertz CT molecular complexity index is 1080. The molecule has 2 saturated heterocycles. The molecule has 0 amide bonds. The third kappa shape index (κ3) is 6.30. The first-order chi connectivity index (χ1) is 18.1. The van der Waals surface area contributed by atoms with Crippen molar-refractivity contribution >= 4 is 11.7 Å². The van der Waals surface area contributed by atoms with Crippen molar-refractivity contribution in [3.63, 3.8) is 0 Å². The van der Waals surface area contributed by atoms with Gasteiger partial charge in [-0.2, -0.15) is 0 Å². The molecule has 3 aliphatic rings. The van der Waals surface area contributed by atoms with E-state index in [4.69, 9.17) is 19.2 Å². The van der Waals surface area contributed by atoms with Crippen LogP contribution in [0.5, 0.6) is 0 Å². The lowest BCUT2D eigenvalue weighted by molar-refractivity contribution is -0.142. The number of aromatic nitrogens is 1. The number of likely N-dealkylation sites (tertiary alicyclic amines) is 1. The summed E-state index contributed by atoms with van der Waals surface area (Å²) in [5.41, 5.74) is 5.34. The highest BCUT2D eigenvalue weighted by molar-refractivity contribution is 5.71. The van der Waals surface area contributed by atoms with E-state index in [1.54, 1.807) is 6.07 Å². The molecule has 0 saturated carbocycles. The van der Waals surface area contributed by atoms with E-state index in [0.29, 0.717) is 19.8 Å². The summed E-state index contributed by atoms with van der Waals surface area (Å²) in [7, 11) is 1.40. The minimum atomic E-state index is -0.298. The molecular weight excluding hydrogens is 473 g/mol. The summed E-state index contributed by atoms with van der Waals surface area (Å²) in [4.78, 5) is 19.1. The van der Waals surface area contributed by atoms with Gasteiger partial charge in [-0.05, 0) is 86.8 Å². The summed E-state index contributed by atoms with van der Waals surface area (Å²) in [5.74, 6) is -0.582. The van der Waals surface area contributed by atoms with Gasteiger partial charge < -0.3 is 19.5 Å². The summed E-state index contributed by atoms with van der Waals surface area (Å²) in [6.45, 7) is 3.20. The van der Waals surface area contributed by atoms with Gasteiger partial charge in [-0.25, -0.2) is 4.39 Å². The van der Waals surface area contributed by atoms with Gasteiger partial charge in [-0.3, -0.25) is 14.7 Å². The van der Waals surface area contributed by atoms with E-state index in [1.807, 2.05) is 6.07 Å². The Morgan fingerprint density at radius 1 is 1.19 bits per heavy atom. The number of hydrogen-bond acceptors (Lipinski definition) is 7. The van der Waals surface area contributed by atoms with Crippen LogP contribution >= 0.6 is 0 Å². The SMILES string of the molecule is COC(=O)CN1CCC(OCCCCc2ccc3c(n2)CCCN3)C1c1cc(F)ccc1C1CCCO1. The van der Waals surface area contributed by atoms with Crippen LogP contribution in [0.1, 0.15) is 73.2 Å². The lowest BCUT2D eigenvalue weighted by Gasteiger charge is -2.30. The summed E-state index contributed by atoms with van der Waals surface area (Å²) in [5, 5.41) is 3.41. The number of methoxy groups -OCH3 is 1. The summed E-state index contributed by atoms with van der Waals surface area (Å²) >= 11 is 0. The normalized spacial score (nSPS) is 23.6. The molecule has 3 atom stereocenters. The van der Waals surface area contributed by atoms with Crippen molar-refractivity contribution in [1.82, 2.24) is 9.88 Å². The lowest BCUT2D eigenvalue weighted by Crippen LogP contribution is -2.34. The number of nitrogens with one attached hydrogen (secondary N) is 1. The number of aryl methyl sites for hydroxylation is 2. The highest BCUT2D eigenvalue weighted by Gasteiger charge is 2.39. The molecule has 1 aromatic carbocycles. The van der Waals surface area contributed by atoms with E-state index in [1.165, 1.54) is 24.6 Å². The fraction of sp³-hybridized carbons (Fsp3) is 0.586. The van der Waals surface area contributed by atoms with Crippen LogP contribution in [-0.2, 0) is 31.8 Å². The number of rotatable bonds is 10. The third-order valence-corrected chi connectivity index (χ3v) is 7.75. The summed E-state index contributed by atoms with van der Waals surface area (Å²) < 4.78 is 31.8. The number of benzene rings is 1. The molecule has 0 bridgehead atoms. The average Bonchev–Trinajstić information content (AvgIpc) is 3.59. The van der Waals surface area contributed by atoms with Crippen LogP contribution in [0.4, 0.5) is 10.1 Å².